The molecule has 138 valence electrons. The highest BCUT2D eigenvalue weighted by atomic mass is 35.5. The van der Waals surface area contributed by atoms with Crippen molar-refractivity contribution >= 4 is 34.8 Å². The molecule has 0 bridgehead atoms. The van der Waals surface area contributed by atoms with E-state index in [1.165, 1.54) is 6.26 Å². The van der Waals surface area contributed by atoms with Gasteiger partial charge in [0, 0.05) is 16.4 Å². The molecule has 0 atom stereocenters. The fourth-order valence-electron chi connectivity index (χ4n) is 2.39. The summed E-state index contributed by atoms with van der Waals surface area (Å²) in [6.45, 7) is 1.70. The van der Waals surface area contributed by atoms with Gasteiger partial charge in [-0.1, -0.05) is 17.7 Å². The quantitative estimate of drug-likeness (QED) is 0.655. The molecule has 0 saturated heterocycles. The molecular weight excluding hydrogens is 368 g/mol. The molecule has 2 N–H and O–H groups in total. The van der Waals surface area contributed by atoms with E-state index in [0.29, 0.717) is 22.1 Å². The molecular formula is C20H17ClN2O4. The fraction of sp³-hybridized carbons (Fsp3) is 0.100. The van der Waals surface area contributed by atoms with Gasteiger partial charge < -0.3 is 19.8 Å². The summed E-state index contributed by atoms with van der Waals surface area (Å²) < 4.78 is 10.6. The number of hydrogen-bond acceptors (Lipinski definition) is 4. The summed E-state index contributed by atoms with van der Waals surface area (Å²) in [7, 11) is 0. The average molecular weight is 385 g/mol. The maximum absolute atomic E-state index is 12.1. The normalized spacial score (nSPS) is 10.3. The second-order valence-corrected chi connectivity index (χ2v) is 6.20. The Balaban J connectivity index is 1.57. The minimum atomic E-state index is -0.370. The van der Waals surface area contributed by atoms with Crippen LogP contribution in [-0.4, -0.2) is 18.4 Å². The number of amides is 2. The number of benzene rings is 2. The number of anilines is 2. The molecule has 0 spiro atoms. The Morgan fingerprint density at radius 1 is 1.04 bits per heavy atom. The second-order valence-electron chi connectivity index (χ2n) is 5.76. The lowest BCUT2D eigenvalue weighted by molar-refractivity contribution is -0.118. The SMILES string of the molecule is Cc1cc(Cl)ccc1OCC(=O)Nc1cccc(NC(=O)c2ccco2)c1. The lowest BCUT2D eigenvalue weighted by Gasteiger charge is -2.11. The van der Waals surface area contributed by atoms with E-state index in [0.717, 1.165) is 5.56 Å². The molecule has 0 aliphatic rings. The van der Waals surface area contributed by atoms with Gasteiger partial charge in [-0.05, 0) is 61.0 Å². The van der Waals surface area contributed by atoms with Crippen LogP contribution in [0.3, 0.4) is 0 Å². The van der Waals surface area contributed by atoms with Crippen LogP contribution in [0.25, 0.3) is 0 Å². The Labute approximate surface area is 161 Å². The van der Waals surface area contributed by atoms with Crippen molar-refractivity contribution < 1.29 is 18.7 Å². The molecule has 0 radical (unpaired) electrons. The van der Waals surface area contributed by atoms with Crippen LogP contribution in [0.15, 0.2) is 65.3 Å². The predicted molar refractivity (Wildman–Crippen MR) is 103 cm³/mol. The number of rotatable bonds is 6. The van der Waals surface area contributed by atoms with Crippen LogP contribution in [0, 0.1) is 6.92 Å². The Kier molecular flexibility index (Phi) is 5.78. The van der Waals surface area contributed by atoms with Crippen molar-refractivity contribution in [1.82, 2.24) is 0 Å². The summed E-state index contributed by atoms with van der Waals surface area (Å²) in [5.41, 5.74) is 1.91. The molecule has 1 heterocycles. The Morgan fingerprint density at radius 3 is 2.52 bits per heavy atom. The van der Waals surface area contributed by atoms with Crippen molar-refractivity contribution in [2.45, 2.75) is 6.92 Å². The molecule has 7 heteroatoms. The first kappa shape index (κ1) is 18.5. The minimum Gasteiger partial charge on any atom is -0.483 e. The lowest BCUT2D eigenvalue weighted by Crippen LogP contribution is -2.20. The molecule has 3 aromatic rings. The van der Waals surface area contributed by atoms with Gasteiger partial charge in [0.2, 0.25) is 0 Å². The zero-order valence-corrected chi connectivity index (χ0v) is 15.2. The van der Waals surface area contributed by atoms with Crippen molar-refractivity contribution in [1.29, 1.82) is 0 Å². The minimum absolute atomic E-state index is 0.147. The summed E-state index contributed by atoms with van der Waals surface area (Å²) in [5.74, 6) is 0.106. The number of carbonyl (C=O) groups is 2. The highest BCUT2D eigenvalue weighted by Crippen LogP contribution is 2.22. The highest BCUT2D eigenvalue weighted by Gasteiger charge is 2.10. The summed E-state index contributed by atoms with van der Waals surface area (Å²) in [6.07, 6.45) is 1.42. The van der Waals surface area contributed by atoms with Crippen LogP contribution in [-0.2, 0) is 4.79 Å². The van der Waals surface area contributed by atoms with Crippen molar-refractivity contribution in [2.75, 3.05) is 17.2 Å². The van der Waals surface area contributed by atoms with Crippen LogP contribution >= 0.6 is 11.6 Å². The van der Waals surface area contributed by atoms with E-state index in [9.17, 15) is 9.59 Å². The van der Waals surface area contributed by atoms with Crippen LogP contribution in [0.1, 0.15) is 16.1 Å². The first-order chi connectivity index (χ1) is 13.0. The van der Waals surface area contributed by atoms with E-state index in [4.69, 9.17) is 20.8 Å². The number of carbonyl (C=O) groups excluding carboxylic acids is 2. The molecule has 0 fully saturated rings. The summed E-state index contributed by atoms with van der Waals surface area (Å²) in [4.78, 5) is 24.1. The molecule has 2 amide bonds. The van der Waals surface area contributed by atoms with E-state index in [-0.39, 0.29) is 24.2 Å². The smallest absolute Gasteiger partial charge is 0.291 e. The third-order valence-electron chi connectivity index (χ3n) is 3.64. The van der Waals surface area contributed by atoms with E-state index in [1.807, 2.05) is 6.92 Å². The summed E-state index contributed by atoms with van der Waals surface area (Å²) >= 11 is 5.90. The molecule has 27 heavy (non-hydrogen) atoms. The average Bonchev–Trinajstić information content (AvgIpc) is 3.16. The van der Waals surface area contributed by atoms with Crippen molar-refractivity contribution in [3.05, 3.63) is 77.2 Å². The Bertz CT molecular complexity index is 954. The maximum Gasteiger partial charge on any atom is 0.291 e. The topological polar surface area (TPSA) is 80.6 Å². The van der Waals surface area contributed by atoms with E-state index in [2.05, 4.69) is 10.6 Å². The van der Waals surface area contributed by atoms with Crippen molar-refractivity contribution in [3.63, 3.8) is 0 Å². The third kappa shape index (κ3) is 5.12. The second kappa shape index (κ2) is 8.42. The summed E-state index contributed by atoms with van der Waals surface area (Å²) in [6, 6.07) is 15.2. The molecule has 2 aromatic carbocycles. The molecule has 0 aliphatic carbocycles. The number of nitrogens with one attached hydrogen (secondary N) is 2. The fourth-order valence-corrected chi connectivity index (χ4v) is 2.62. The van der Waals surface area contributed by atoms with Gasteiger partial charge in [-0.15, -0.1) is 0 Å². The van der Waals surface area contributed by atoms with Gasteiger partial charge in [0.15, 0.2) is 12.4 Å². The van der Waals surface area contributed by atoms with Gasteiger partial charge in [-0.25, -0.2) is 0 Å². The standard InChI is InChI=1S/C20H17ClN2O4/c1-13-10-14(21)7-8-17(13)27-12-19(24)22-15-4-2-5-16(11-15)23-20(25)18-6-3-9-26-18/h2-11H,12H2,1H3,(H,22,24)(H,23,25). The maximum atomic E-state index is 12.1. The van der Waals surface area contributed by atoms with E-state index >= 15 is 0 Å². The highest BCUT2D eigenvalue weighted by molar-refractivity contribution is 6.30. The van der Waals surface area contributed by atoms with Gasteiger partial charge in [-0.2, -0.15) is 0 Å². The number of halogens is 1. The Hall–Kier alpha value is -3.25. The van der Waals surface area contributed by atoms with Crippen LogP contribution < -0.4 is 15.4 Å². The predicted octanol–water partition coefficient (Wildman–Crippen LogP) is 4.51. The van der Waals surface area contributed by atoms with Crippen LogP contribution in [0.4, 0.5) is 11.4 Å². The van der Waals surface area contributed by atoms with Crippen LogP contribution in [0.5, 0.6) is 5.75 Å². The molecule has 0 aliphatic heterocycles. The molecule has 1 aromatic heterocycles. The Morgan fingerprint density at radius 2 is 1.81 bits per heavy atom. The monoisotopic (exact) mass is 384 g/mol. The van der Waals surface area contributed by atoms with Gasteiger partial charge in [-0.3, -0.25) is 9.59 Å². The number of furan rings is 1. The largest absolute Gasteiger partial charge is 0.483 e. The zero-order valence-electron chi connectivity index (χ0n) is 14.5. The molecule has 3 rings (SSSR count). The molecule has 6 nitrogen and oxygen atoms in total. The lowest BCUT2D eigenvalue weighted by atomic mass is 10.2. The first-order valence-electron chi connectivity index (χ1n) is 8.15. The number of ether oxygens (including phenoxy) is 1. The van der Waals surface area contributed by atoms with Crippen LogP contribution in [0.2, 0.25) is 5.02 Å². The van der Waals surface area contributed by atoms with Gasteiger partial charge in [0.05, 0.1) is 6.26 Å². The van der Waals surface area contributed by atoms with E-state index in [1.54, 1.807) is 54.6 Å². The van der Waals surface area contributed by atoms with Crippen molar-refractivity contribution in [2.24, 2.45) is 0 Å². The number of aryl methyl sites for hydroxylation is 1. The molecule has 0 saturated carbocycles. The zero-order chi connectivity index (χ0) is 19.2. The third-order valence-corrected chi connectivity index (χ3v) is 3.88. The van der Waals surface area contributed by atoms with Gasteiger partial charge in [0.1, 0.15) is 5.75 Å². The first-order valence-corrected chi connectivity index (χ1v) is 8.53. The van der Waals surface area contributed by atoms with Gasteiger partial charge >= 0.3 is 0 Å². The van der Waals surface area contributed by atoms with Crippen molar-refractivity contribution in [3.8, 4) is 5.75 Å². The molecule has 0 unspecified atom stereocenters. The summed E-state index contributed by atoms with van der Waals surface area (Å²) in [5, 5.41) is 6.04. The van der Waals surface area contributed by atoms with Gasteiger partial charge in [0.25, 0.3) is 11.8 Å². The van der Waals surface area contributed by atoms with E-state index < -0.39 is 0 Å². The number of hydrogen-bond donors (Lipinski definition) is 2.